The van der Waals surface area contributed by atoms with Gasteiger partial charge in [-0.3, -0.25) is 4.79 Å². The van der Waals surface area contributed by atoms with Crippen molar-refractivity contribution in [1.29, 1.82) is 0 Å². The summed E-state index contributed by atoms with van der Waals surface area (Å²) in [7, 11) is 0. The van der Waals surface area contributed by atoms with E-state index in [-0.39, 0.29) is 12.5 Å². The van der Waals surface area contributed by atoms with Gasteiger partial charge < -0.3 is 10.6 Å². The van der Waals surface area contributed by atoms with Gasteiger partial charge in [0.15, 0.2) is 0 Å². The first-order valence-electron chi connectivity index (χ1n) is 7.58. The van der Waals surface area contributed by atoms with Crippen molar-refractivity contribution in [1.82, 2.24) is 9.88 Å². The Bertz CT molecular complexity index is 553. The van der Waals surface area contributed by atoms with Gasteiger partial charge in [0, 0.05) is 18.8 Å². The maximum atomic E-state index is 12.8. The maximum absolute atomic E-state index is 12.8. The number of amides is 1. The molecule has 0 aromatic carbocycles. The number of pyridine rings is 1. The second-order valence-electron chi connectivity index (χ2n) is 5.82. The quantitative estimate of drug-likeness (QED) is 0.842. The molecule has 4 heteroatoms. The molecule has 0 radical (unpaired) electrons. The second kappa shape index (κ2) is 7.24. The molecule has 4 nitrogen and oxygen atoms in total. The summed E-state index contributed by atoms with van der Waals surface area (Å²) in [4.78, 5) is 19.0. The average molecular weight is 285 g/mol. The van der Waals surface area contributed by atoms with E-state index in [0.29, 0.717) is 23.2 Å². The Morgan fingerprint density at radius 2 is 2.29 bits per heavy atom. The molecule has 0 spiro atoms. The summed E-state index contributed by atoms with van der Waals surface area (Å²) >= 11 is 0. The van der Waals surface area contributed by atoms with Gasteiger partial charge in [-0.25, -0.2) is 4.98 Å². The third-order valence-electron chi connectivity index (χ3n) is 3.53. The molecule has 1 aromatic heterocycles. The highest BCUT2D eigenvalue weighted by molar-refractivity contribution is 5.95. The van der Waals surface area contributed by atoms with E-state index in [4.69, 9.17) is 5.73 Å². The lowest BCUT2D eigenvalue weighted by molar-refractivity contribution is 0.0729. The minimum Gasteiger partial charge on any atom is -0.334 e. The van der Waals surface area contributed by atoms with Gasteiger partial charge in [-0.2, -0.15) is 0 Å². The van der Waals surface area contributed by atoms with Crippen molar-refractivity contribution in [3.05, 3.63) is 29.6 Å². The lowest BCUT2D eigenvalue weighted by Gasteiger charge is -2.23. The molecule has 1 aliphatic rings. The van der Waals surface area contributed by atoms with Crippen LogP contribution in [0.4, 0.5) is 0 Å². The van der Waals surface area contributed by atoms with Crippen molar-refractivity contribution in [2.24, 2.45) is 11.7 Å². The number of rotatable bonds is 5. The molecule has 1 amide bonds. The summed E-state index contributed by atoms with van der Waals surface area (Å²) in [6.07, 6.45) is 4.86. The van der Waals surface area contributed by atoms with E-state index in [0.717, 1.165) is 25.8 Å². The number of nitrogens with two attached hydrogens (primary N) is 1. The van der Waals surface area contributed by atoms with Gasteiger partial charge in [-0.1, -0.05) is 25.7 Å². The Morgan fingerprint density at radius 3 is 2.90 bits per heavy atom. The summed E-state index contributed by atoms with van der Waals surface area (Å²) in [6, 6.07) is 4.01. The number of nitrogens with zero attached hydrogens (tertiary/aromatic N) is 2. The Balaban J connectivity index is 2.20. The Kier molecular flexibility index (Phi) is 5.35. The Morgan fingerprint density at radius 1 is 1.52 bits per heavy atom. The average Bonchev–Trinajstić information content (AvgIpc) is 3.30. The van der Waals surface area contributed by atoms with Crippen LogP contribution < -0.4 is 5.73 Å². The van der Waals surface area contributed by atoms with Crippen molar-refractivity contribution in [2.45, 2.75) is 39.2 Å². The molecule has 0 saturated heterocycles. The fraction of sp³-hybridized carbons (Fsp3) is 0.529. The van der Waals surface area contributed by atoms with Crippen LogP contribution in [0.15, 0.2) is 18.3 Å². The third-order valence-corrected chi connectivity index (χ3v) is 3.53. The van der Waals surface area contributed by atoms with E-state index >= 15 is 0 Å². The van der Waals surface area contributed by atoms with Crippen molar-refractivity contribution >= 4 is 5.91 Å². The first-order chi connectivity index (χ1) is 10.1. The molecule has 1 saturated carbocycles. The third kappa shape index (κ3) is 4.30. The van der Waals surface area contributed by atoms with Gasteiger partial charge in [0.1, 0.15) is 5.69 Å². The van der Waals surface area contributed by atoms with E-state index in [2.05, 4.69) is 30.7 Å². The van der Waals surface area contributed by atoms with Crippen LogP contribution in [-0.2, 0) is 0 Å². The summed E-state index contributed by atoms with van der Waals surface area (Å²) in [5, 5.41) is 0. The predicted octanol–water partition coefficient (Wildman–Crippen LogP) is 2.04. The first-order valence-corrected chi connectivity index (χ1v) is 7.58. The van der Waals surface area contributed by atoms with E-state index in [1.54, 1.807) is 12.3 Å². The van der Waals surface area contributed by atoms with Crippen LogP contribution in [0.1, 0.15) is 49.2 Å². The molecule has 21 heavy (non-hydrogen) atoms. The van der Waals surface area contributed by atoms with Crippen molar-refractivity contribution < 1.29 is 4.79 Å². The highest BCUT2D eigenvalue weighted by Gasteiger charge is 2.34. The van der Waals surface area contributed by atoms with Crippen LogP contribution in [0.25, 0.3) is 0 Å². The van der Waals surface area contributed by atoms with Crippen LogP contribution in [0.2, 0.25) is 0 Å². The zero-order valence-electron chi connectivity index (χ0n) is 12.8. The number of carbonyl (C=O) groups excluding carboxylic acids is 1. The van der Waals surface area contributed by atoms with Gasteiger partial charge in [0.2, 0.25) is 0 Å². The fourth-order valence-corrected chi connectivity index (χ4v) is 2.19. The summed E-state index contributed by atoms with van der Waals surface area (Å²) in [6.45, 7) is 5.42. The molecule has 1 aromatic rings. The topological polar surface area (TPSA) is 59.2 Å². The van der Waals surface area contributed by atoms with Crippen LogP contribution in [0.3, 0.4) is 0 Å². The van der Waals surface area contributed by atoms with Crippen molar-refractivity contribution in [3.63, 3.8) is 0 Å². The number of hydrogen-bond donors (Lipinski definition) is 1. The molecule has 2 rings (SSSR count). The molecule has 2 N–H and O–H groups in total. The molecule has 1 fully saturated rings. The zero-order valence-corrected chi connectivity index (χ0v) is 12.8. The number of aromatic nitrogens is 1. The summed E-state index contributed by atoms with van der Waals surface area (Å²) in [5.41, 5.74) is 6.53. The molecular formula is C17H23N3O. The second-order valence-corrected chi connectivity index (χ2v) is 5.82. The molecule has 112 valence electrons. The van der Waals surface area contributed by atoms with Crippen molar-refractivity contribution in [3.8, 4) is 11.8 Å². The highest BCUT2D eigenvalue weighted by atomic mass is 16.2. The minimum absolute atomic E-state index is 0.0000661. The standard InChI is InChI=1S/C17H23N3O/c1-13(2)9-12-20(15-7-8-15)17(21)16-14(5-3-10-18)6-4-11-19-16/h4,6,11,13,15H,7-10,12,18H2,1-2H3. The number of carbonyl (C=O) groups is 1. The molecule has 1 heterocycles. The monoisotopic (exact) mass is 285 g/mol. The smallest absolute Gasteiger partial charge is 0.273 e. The Labute approximate surface area is 126 Å². The van der Waals surface area contributed by atoms with Crippen LogP contribution >= 0.6 is 0 Å². The van der Waals surface area contributed by atoms with Gasteiger partial charge >= 0.3 is 0 Å². The van der Waals surface area contributed by atoms with Gasteiger partial charge in [-0.05, 0) is 37.3 Å². The normalized spacial score (nSPS) is 13.7. The first kappa shape index (κ1) is 15.5. The van der Waals surface area contributed by atoms with E-state index < -0.39 is 0 Å². The van der Waals surface area contributed by atoms with Crippen molar-refractivity contribution in [2.75, 3.05) is 13.1 Å². The molecule has 0 atom stereocenters. The zero-order chi connectivity index (χ0) is 15.2. The number of hydrogen-bond acceptors (Lipinski definition) is 3. The van der Waals surface area contributed by atoms with E-state index in [1.807, 2.05) is 11.0 Å². The minimum atomic E-state index is 0.0000661. The largest absolute Gasteiger partial charge is 0.334 e. The predicted molar refractivity (Wildman–Crippen MR) is 83.7 cm³/mol. The van der Waals surface area contributed by atoms with E-state index in [9.17, 15) is 4.79 Å². The summed E-state index contributed by atoms with van der Waals surface area (Å²) < 4.78 is 0. The SMILES string of the molecule is CC(C)CCN(C(=O)c1ncccc1C#CCN)C1CC1. The van der Waals surface area contributed by atoms with Crippen LogP contribution in [0.5, 0.6) is 0 Å². The highest BCUT2D eigenvalue weighted by Crippen LogP contribution is 2.29. The lowest BCUT2D eigenvalue weighted by Crippen LogP contribution is -2.35. The molecular weight excluding hydrogens is 262 g/mol. The molecule has 1 aliphatic carbocycles. The molecule has 0 bridgehead atoms. The Hall–Kier alpha value is -1.86. The fourth-order valence-electron chi connectivity index (χ4n) is 2.19. The van der Waals surface area contributed by atoms with Gasteiger partial charge in [0.25, 0.3) is 5.91 Å². The van der Waals surface area contributed by atoms with Gasteiger partial charge in [-0.15, -0.1) is 0 Å². The van der Waals surface area contributed by atoms with Crippen LogP contribution in [0, 0.1) is 17.8 Å². The lowest BCUT2D eigenvalue weighted by atomic mass is 10.1. The molecule has 0 unspecified atom stereocenters. The van der Waals surface area contributed by atoms with E-state index in [1.165, 1.54) is 0 Å². The molecule has 0 aliphatic heterocycles. The van der Waals surface area contributed by atoms with Crippen LogP contribution in [-0.4, -0.2) is 34.9 Å². The van der Waals surface area contributed by atoms with Gasteiger partial charge in [0.05, 0.1) is 12.1 Å². The summed E-state index contributed by atoms with van der Waals surface area (Å²) in [5.74, 6) is 6.33. The maximum Gasteiger partial charge on any atom is 0.273 e.